The molecule has 1 aliphatic rings. The summed E-state index contributed by atoms with van der Waals surface area (Å²) in [6.07, 6.45) is 10.5. The van der Waals surface area contributed by atoms with Crippen LogP contribution in [0, 0.1) is 0 Å². The number of hydrogen-bond donors (Lipinski definition) is 0. The number of hydrogen-bond acceptors (Lipinski definition) is 1. The number of rotatable bonds is 7. The first-order chi connectivity index (χ1) is 7.79. The van der Waals surface area contributed by atoms with Crippen LogP contribution in [0.25, 0.3) is 0 Å². The second-order valence-corrected chi connectivity index (χ2v) is 4.98. The quantitative estimate of drug-likeness (QED) is 0.646. The van der Waals surface area contributed by atoms with Gasteiger partial charge in [-0.3, -0.25) is 4.79 Å². The average Bonchev–Trinajstić information content (AvgIpc) is 2.31. The molecule has 0 atom stereocenters. The molecule has 1 aliphatic heterocycles. The van der Waals surface area contributed by atoms with Crippen LogP contribution in [0.15, 0.2) is 0 Å². The number of amides is 1. The minimum atomic E-state index is 0.406. The molecule has 0 aromatic rings. The highest BCUT2D eigenvalue weighted by molar-refractivity contribution is 5.77. The monoisotopic (exact) mass is 225 g/mol. The van der Waals surface area contributed by atoms with Crippen molar-refractivity contribution in [2.75, 3.05) is 6.54 Å². The van der Waals surface area contributed by atoms with Gasteiger partial charge in [0.05, 0.1) is 0 Å². The molecule has 0 spiro atoms. The smallest absolute Gasteiger partial charge is 0.222 e. The zero-order chi connectivity index (χ0) is 11.8. The van der Waals surface area contributed by atoms with Crippen molar-refractivity contribution in [3.63, 3.8) is 0 Å². The summed E-state index contributed by atoms with van der Waals surface area (Å²) in [5.41, 5.74) is 0. The largest absolute Gasteiger partial charge is 0.340 e. The molecule has 0 aliphatic carbocycles. The summed E-state index contributed by atoms with van der Waals surface area (Å²) in [4.78, 5) is 14.1. The van der Waals surface area contributed by atoms with Gasteiger partial charge in [0.25, 0.3) is 0 Å². The predicted molar refractivity (Wildman–Crippen MR) is 68.4 cm³/mol. The number of unbranched alkanes of at least 4 members (excludes halogenated alkanes) is 2. The molecule has 94 valence electrons. The van der Waals surface area contributed by atoms with Crippen molar-refractivity contribution in [3.8, 4) is 0 Å². The molecule has 1 saturated heterocycles. The van der Waals surface area contributed by atoms with E-state index >= 15 is 0 Å². The van der Waals surface area contributed by atoms with Gasteiger partial charge in [-0.25, -0.2) is 0 Å². The maximum Gasteiger partial charge on any atom is 0.222 e. The first-order valence-corrected chi connectivity index (χ1v) is 7.09. The first-order valence-electron chi connectivity index (χ1n) is 7.09. The molecule has 0 N–H and O–H groups in total. The van der Waals surface area contributed by atoms with Crippen molar-refractivity contribution in [2.45, 2.75) is 77.7 Å². The third-order valence-electron chi connectivity index (χ3n) is 3.58. The summed E-state index contributed by atoms with van der Waals surface area (Å²) >= 11 is 0. The summed E-state index contributed by atoms with van der Waals surface area (Å²) in [6.45, 7) is 5.47. The van der Waals surface area contributed by atoms with Gasteiger partial charge in [-0.2, -0.15) is 0 Å². The Labute approximate surface area is 100 Å². The summed E-state index contributed by atoms with van der Waals surface area (Å²) in [5.74, 6) is 0.406. The molecule has 1 rings (SSSR count). The Morgan fingerprint density at radius 2 is 1.75 bits per heavy atom. The van der Waals surface area contributed by atoms with Gasteiger partial charge in [-0.05, 0) is 25.7 Å². The third-order valence-corrected chi connectivity index (χ3v) is 3.58. The molecule has 0 unspecified atom stereocenters. The van der Waals surface area contributed by atoms with Crippen molar-refractivity contribution in [1.82, 2.24) is 4.90 Å². The van der Waals surface area contributed by atoms with E-state index in [0.29, 0.717) is 11.9 Å². The predicted octanol–water partition coefficient (Wildman–Crippen LogP) is 3.75. The van der Waals surface area contributed by atoms with E-state index in [1.165, 1.54) is 44.9 Å². The standard InChI is InChI=1S/C14H27NO/c1-3-5-9-13(10-6-4-2)15-12-8-7-11-14(15)16/h13H,3-12H2,1-2H3. The highest BCUT2D eigenvalue weighted by Gasteiger charge is 2.24. The van der Waals surface area contributed by atoms with E-state index in [1.54, 1.807) is 0 Å². The van der Waals surface area contributed by atoms with Gasteiger partial charge in [0.2, 0.25) is 5.91 Å². The number of nitrogens with zero attached hydrogens (tertiary/aromatic N) is 1. The van der Waals surface area contributed by atoms with E-state index in [9.17, 15) is 4.79 Å². The van der Waals surface area contributed by atoms with Crippen LogP contribution in [-0.4, -0.2) is 23.4 Å². The molecule has 0 radical (unpaired) electrons. The van der Waals surface area contributed by atoms with Gasteiger partial charge < -0.3 is 4.90 Å². The van der Waals surface area contributed by atoms with Crippen molar-refractivity contribution in [3.05, 3.63) is 0 Å². The van der Waals surface area contributed by atoms with E-state index in [0.717, 1.165) is 19.4 Å². The fourth-order valence-corrected chi connectivity index (χ4v) is 2.55. The number of piperidine rings is 1. The third kappa shape index (κ3) is 4.15. The van der Waals surface area contributed by atoms with Crippen LogP contribution in [0.3, 0.4) is 0 Å². The van der Waals surface area contributed by atoms with Crippen LogP contribution in [0.2, 0.25) is 0 Å². The lowest BCUT2D eigenvalue weighted by molar-refractivity contribution is -0.136. The Hall–Kier alpha value is -0.530. The van der Waals surface area contributed by atoms with Crippen molar-refractivity contribution >= 4 is 5.91 Å². The molecule has 1 heterocycles. The Morgan fingerprint density at radius 3 is 2.25 bits per heavy atom. The molecule has 2 nitrogen and oxygen atoms in total. The van der Waals surface area contributed by atoms with Gasteiger partial charge in [-0.1, -0.05) is 39.5 Å². The summed E-state index contributed by atoms with van der Waals surface area (Å²) in [6, 6.07) is 0.535. The highest BCUT2D eigenvalue weighted by Crippen LogP contribution is 2.21. The molecule has 16 heavy (non-hydrogen) atoms. The Bertz CT molecular complexity index is 195. The van der Waals surface area contributed by atoms with Crippen LogP contribution >= 0.6 is 0 Å². The zero-order valence-electron chi connectivity index (χ0n) is 11.0. The maximum absolute atomic E-state index is 11.9. The molecule has 0 aromatic heterocycles. The van der Waals surface area contributed by atoms with E-state index in [-0.39, 0.29) is 0 Å². The number of likely N-dealkylation sites (tertiary alicyclic amines) is 1. The van der Waals surface area contributed by atoms with E-state index in [1.807, 2.05) is 0 Å². The minimum absolute atomic E-state index is 0.406. The number of carbonyl (C=O) groups is 1. The Kier molecular flexibility index (Phi) is 6.51. The molecule has 1 amide bonds. The molecular weight excluding hydrogens is 198 g/mol. The Balaban J connectivity index is 2.47. The van der Waals surface area contributed by atoms with Crippen LogP contribution in [0.4, 0.5) is 0 Å². The van der Waals surface area contributed by atoms with Gasteiger partial charge in [0, 0.05) is 19.0 Å². The lowest BCUT2D eigenvalue weighted by Gasteiger charge is -2.35. The fraction of sp³-hybridized carbons (Fsp3) is 0.929. The van der Waals surface area contributed by atoms with Gasteiger partial charge in [0.1, 0.15) is 0 Å². The van der Waals surface area contributed by atoms with Gasteiger partial charge >= 0.3 is 0 Å². The van der Waals surface area contributed by atoms with Crippen LogP contribution in [0.1, 0.15) is 71.6 Å². The Morgan fingerprint density at radius 1 is 1.12 bits per heavy atom. The molecule has 0 saturated carbocycles. The van der Waals surface area contributed by atoms with Crippen molar-refractivity contribution in [2.24, 2.45) is 0 Å². The lowest BCUT2D eigenvalue weighted by Crippen LogP contribution is -2.43. The van der Waals surface area contributed by atoms with E-state index in [2.05, 4.69) is 18.7 Å². The first kappa shape index (κ1) is 13.5. The summed E-state index contributed by atoms with van der Waals surface area (Å²) < 4.78 is 0. The van der Waals surface area contributed by atoms with Crippen molar-refractivity contribution in [1.29, 1.82) is 0 Å². The summed E-state index contributed by atoms with van der Waals surface area (Å²) in [7, 11) is 0. The highest BCUT2D eigenvalue weighted by atomic mass is 16.2. The molecule has 1 fully saturated rings. The molecular formula is C14H27NO. The second-order valence-electron chi connectivity index (χ2n) is 4.98. The topological polar surface area (TPSA) is 20.3 Å². The van der Waals surface area contributed by atoms with E-state index in [4.69, 9.17) is 0 Å². The normalized spacial score (nSPS) is 17.2. The van der Waals surface area contributed by atoms with Crippen LogP contribution < -0.4 is 0 Å². The van der Waals surface area contributed by atoms with Crippen LogP contribution in [0.5, 0.6) is 0 Å². The van der Waals surface area contributed by atoms with Gasteiger partial charge in [-0.15, -0.1) is 0 Å². The lowest BCUT2D eigenvalue weighted by atomic mass is 9.99. The molecule has 0 bridgehead atoms. The fourth-order valence-electron chi connectivity index (χ4n) is 2.55. The zero-order valence-corrected chi connectivity index (χ0v) is 11.0. The van der Waals surface area contributed by atoms with Crippen LogP contribution in [-0.2, 0) is 4.79 Å². The maximum atomic E-state index is 11.9. The van der Waals surface area contributed by atoms with Gasteiger partial charge in [0.15, 0.2) is 0 Å². The molecule has 2 heteroatoms. The minimum Gasteiger partial charge on any atom is -0.340 e. The van der Waals surface area contributed by atoms with Crippen molar-refractivity contribution < 1.29 is 4.79 Å². The summed E-state index contributed by atoms with van der Waals surface area (Å²) in [5, 5.41) is 0. The molecule has 0 aromatic carbocycles. The number of carbonyl (C=O) groups excluding carboxylic acids is 1. The SMILES string of the molecule is CCCCC(CCCC)N1CCCCC1=O. The second kappa shape index (κ2) is 7.70. The van der Waals surface area contributed by atoms with E-state index < -0.39 is 0 Å². The average molecular weight is 225 g/mol.